The van der Waals surface area contributed by atoms with Gasteiger partial charge in [-0.3, -0.25) is 4.98 Å². The van der Waals surface area contributed by atoms with E-state index in [0.717, 1.165) is 18.0 Å². The Morgan fingerprint density at radius 2 is 1.87 bits per heavy atom. The highest BCUT2D eigenvalue weighted by molar-refractivity contribution is 6.29. The largest absolute Gasteiger partial charge is 0.256 e. The summed E-state index contributed by atoms with van der Waals surface area (Å²) in [5.41, 5.74) is 0.963. The van der Waals surface area contributed by atoms with Crippen molar-refractivity contribution in [2.45, 2.75) is 44.9 Å². The van der Waals surface area contributed by atoms with Gasteiger partial charge in [0.15, 0.2) is 0 Å². The van der Waals surface area contributed by atoms with Crippen molar-refractivity contribution in [1.82, 2.24) is 9.97 Å². The summed E-state index contributed by atoms with van der Waals surface area (Å²) in [5, 5.41) is 0.577. The third kappa shape index (κ3) is 3.16. The highest BCUT2D eigenvalue weighted by Gasteiger charge is 2.14. The molecular formula is C12H17ClN2. The zero-order valence-corrected chi connectivity index (χ0v) is 9.71. The Morgan fingerprint density at radius 3 is 2.60 bits per heavy atom. The molecule has 2 rings (SSSR count). The molecule has 1 aromatic heterocycles. The van der Waals surface area contributed by atoms with Crippen LogP contribution in [-0.2, 0) is 6.42 Å². The van der Waals surface area contributed by atoms with Crippen molar-refractivity contribution < 1.29 is 0 Å². The van der Waals surface area contributed by atoms with Crippen LogP contribution in [0.2, 0.25) is 5.15 Å². The van der Waals surface area contributed by atoms with Gasteiger partial charge < -0.3 is 0 Å². The van der Waals surface area contributed by atoms with E-state index in [2.05, 4.69) is 9.97 Å². The van der Waals surface area contributed by atoms with E-state index >= 15 is 0 Å². The second-order valence-corrected chi connectivity index (χ2v) is 4.69. The minimum Gasteiger partial charge on any atom is -0.256 e. The van der Waals surface area contributed by atoms with Crippen molar-refractivity contribution in [2.24, 2.45) is 5.92 Å². The van der Waals surface area contributed by atoms with Crippen LogP contribution in [0.3, 0.4) is 0 Å². The highest BCUT2D eigenvalue weighted by atomic mass is 35.5. The van der Waals surface area contributed by atoms with Crippen molar-refractivity contribution in [1.29, 1.82) is 0 Å². The number of rotatable bonds is 3. The highest BCUT2D eigenvalue weighted by Crippen LogP contribution is 2.27. The molecule has 0 N–H and O–H groups in total. The number of aromatic nitrogens is 2. The average Bonchev–Trinajstić information content (AvgIpc) is 2.29. The van der Waals surface area contributed by atoms with Crippen LogP contribution in [0, 0.1) is 5.92 Å². The third-order valence-corrected chi connectivity index (χ3v) is 3.55. The Balaban J connectivity index is 1.84. The van der Waals surface area contributed by atoms with Crippen LogP contribution in [0.4, 0.5) is 0 Å². The molecule has 15 heavy (non-hydrogen) atoms. The number of halogens is 1. The molecule has 0 aliphatic heterocycles. The van der Waals surface area contributed by atoms with Gasteiger partial charge in [0.05, 0.1) is 5.69 Å². The van der Waals surface area contributed by atoms with Crippen molar-refractivity contribution >= 4 is 11.6 Å². The van der Waals surface area contributed by atoms with Gasteiger partial charge in [0.25, 0.3) is 0 Å². The summed E-state index contributed by atoms with van der Waals surface area (Å²) in [7, 11) is 0. The summed E-state index contributed by atoms with van der Waals surface area (Å²) >= 11 is 5.97. The van der Waals surface area contributed by atoms with Gasteiger partial charge in [0.2, 0.25) is 0 Å². The maximum atomic E-state index is 5.97. The van der Waals surface area contributed by atoms with Gasteiger partial charge in [-0.25, -0.2) is 4.98 Å². The minimum absolute atomic E-state index is 0.577. The standard InChI is InChI=1S/C12H17ClN2/c13-12-11(14-8-9-15-12)7-6-10-4-2-1-3-5-10/h8-10H,1-7H2. The van der Waals surface area contributed by atoms with E-state index in [1.54, 1.807) is 12.4 Å². The molecule has 1 heterocycles. The Labute approximate surface area is 96.1 Å². The maximum absolute atomic E-state index is 5.97. The quantitative estimate of drug-likeness (QED) is 0.784. The maximum Gasteiger partial charge on any atom is 0.150 e. The second-order valence-electron chi connectivity index (χ2n) is 4.34. The van der Waals surface area contributed by atoms with E-state index in [0.29, 0.717) is 5.15 Å². The van der Waals surface area contributed by atoms with Gasteiger partial charge in [0.1, 0.15) is 5.15 Å². The number of hydrogen-bond acceptors (Lipinski definition) is 2. The lowest BCUT2D eigenvalue weighted by Crippen LogP contribution is -2.08. The first-order valence-electron chi connectivity index (χ1n) is 5.81. The number of hydrogen-bond donors (Lipinski definition) is 0. The van der Waals surface area contributed by atoms with E-state index in [4.69, 9.17) is 11.6 Å². The summed E-state index contributed by atoms with van der Waals surface area (Å²) in [6, 6.07) is 0. The van der Waals surface area contributed by atoms with Crippen LogP contribution < -0.4 is 0 Å². The van der Waals surface area contributed by atoms with Gasteiger partial charge in [-0.05, 0) is 18.8 Å². The molecule has 0 bridgehead atoms. The van der Waals surface area contributed by atoms with E-state index in [9.17, 15) is 0 Å². The molecule has 0 aromatic carbocycles. The first kappa shape index (κ1) is 10.9. The van der Waals surface area contributed by atoms with Gasteiger partial charge in [-0.1, -0.05) is 43.7 Å². The fraction of sp³-hybridized carbons (Fsp3) is 0.667. The normalized spacial score (nSPS) is 17.9. The molecule has 1 saturated carbocycles. The molecule has 2 nitrogen and oxygen atoms in total. The van der Waals surface area contributed by atoms with Crippen LogP contribution >= 0.6 is 11.6 Å². The Bertz CT molecular complexity index is 308. The molecule has 0 saturated heterocycles. The predicted molar refractivity (Wildman–Crippen MR) is 61.9 cm³/mol. The Kier molecular flexibility index (Phi) is 3.95. The van der Waals surface area contributed by atoms with E-state index in [1.165, 1.54) is 38.5 Å². The number of aryl methyl sites for hydroxylation is 1. The summed E-state index contributed by atoms with van der Waals surface area (Å²) in [4.78, 5) is 8.31. The molecule has 0 amide bonds. The van der Waals surface area contributed by atoms with Crippen LogP contribution in [0.25, 0.3) is 0 Å². The lowest BCUT2D eigenvalue weighted by Gasteiger charge is -2.21. The molecule has 82 valence electrons. The second kappa shape index (κ2) is 5.45. The average molecular weight is 225 g/mol. The lowest BCUT2D eigenvalue weighted by atomic mass is 9.86. The van der Waals surface area contributed by atoms with E-state index in [1.807, 2.05) is 0 Å². The molecular weight excluding hydrogens is 208 g/mol. The molecule has 0 unspecified atom stereocenters. The zero-order chi connectivity index (χ0) is 10.5. The molecule has 1 aromatic rings. The van der Waals surface area contributed by atoms with E-state index in [-0.39, 0.29) is 0 Å². The first-order chi connectivity index (χ1) is 7.36. The molecule has 1 aliphatic rings. The topological polar surface area (TPSA) is 25.8 Å². The molecule has 0 spiro atoms. The van der Waals surface area contributed by atoms with Gasteiger partial charge in [-0.15, -0.1) is 0 Å². The first-order valence-corrected chi connectivity index (χ1v) is 6.19. The fourth-order valence-electron chi connectivity index (χ4n) is 2.33. The van der Waals surface area contributed by atoms with Crippen molar-refractivity contribution in [3.63, 3.8) is 0 Å². The molecule has 1 aliphatic carbocycles. The summed E-state index contributed by atoms with van der Waals surface area (Å²) < 4.78 is 0. The summed E-state index contributed by atoms with van der Waals surface area (Å²) in [5.74, 6) is 0.886. The van der Waals surface area contributed by atoms with Gasteiger partial charge >= 0.3 is 0 Å². The SMILES string of the molecule is Clc1nccnc1CCC1CCCCC1. The van der Waals surface area contributed by atoms with Crippen molar-refractivity contribution in [3.05, 3.63) is 23.2 Å². The molecule has 3 heteroatoms. The third-order valence-electron chi connectivity index (χ3n) is 3.24. The summed E-state index contributed by atoms with van der Waals surface area (Å²) in [6.45, 7) is 0. The predicted octanol–water partition coefficient (Wildman–Crippen LogP) is 3.64. The minimum atomic E-state index is 0.577. The van der Waals surface area contributed by atoms with Gasteiger partial charge in [0, 0.05) is 12.4 Å². The molecule has 0 radical (unpaired) electrons. The monoisotopic (exact) mass is 224 g/mol. The van der Waals surface area contributed by atoms with Crippen LogP contribution in [0.5, 0.6) is 0 Å². The Morgan fingerprint density at radius 1 is 1.13 bits per heavy atom. The smallest absolute Gasteiger partial charge is 0.150 e. The van der Waals surface area contributed by atoms with E-state index < -0.39 is 0 Å². The molecule has 1 fully saturated rings. The van der Waals surface area contributed by atoms with Crippen LogP contribution in [0.15, 0.2) is 12.4 Å². The fourth-order valence-corrected chi connectivity index (χ4v) is 2.53. The summed E-state index contributed by atoms with van der Waals surface area (Å²) in [6.07, 6.45) is 12.6. The van der Waals surface area contributed by atoms with Gasteiger partial charge in [-0.2, -0.15) is 0 Å². The van der Waals surface area contributed by atoms with Crippen LogP contribution in [-0.4, -0.2) is 9.97 Å². The van der Waals surface area contributed by atoms with Crippen molar-refractivity contribution in [3.8, 4) is 0 Å². The lowest BCUT2D eigenvalue weighted by molar-refractivity contribution is 0.338. The zero-order valence-electron chi connectivity index (χ0n) is 8.95. The van der Waals surface area contributed by atoms with Crippen LogP contribution in [0.1, 0.15) is 44.2 Å². The van der Waals surface area contributed by atoms with Crippen molar-refractivity contribution in [2.75, 3.05) is 0 Å². The Hall–Kier alpha value is -0.630. The molecule has 0 atom stereocenters. The number of nitrogens with zero attached hydrogens (tertiary/aromatic N) is 2.